The average Bonchev–Trinajstić information content (AvgIpc) is 2.91. The van der Waals surface area contributed by atoms with Gasteiger partial charge in [0.2, 0.25) is 0 Å². The van der Waals surface area contributed by atoms with Crippen molar-refractivity contribution in [3.63, 3.8) is 0 Å². The van der Waals surface area contributed by atoms with Gasteiger partial charge in [0.15, 0.2) is 11.5 Å². The van der Waals surface area contributed by atoms with Crippen LogP contribution in [0.25, 0.3) is 0 Å². The Labute approximate surface area is 125 Å². The van der Waals surface area contributed by atoms with E-state index in [1.165, 1.54) is 16.7 Å². The number of fused-ring (bicyclic) bond motifs is 1. The second-order valence-corrected chi connectivity index (χ2v) is 5.32. The molecule has 1 aliphatic rings. The molecule has 0 amide bonds. The fourth-order valence-corrected chi connectivity index (χ4v) is 2.86. The maximum Gasteiger partial charge on any atom is 0.161 e. The van der Waals surface area contributed by atoms with E-state index >= 15 is 0 Å². The number of nitrogen functional groups attached to an aromatic ring is 1. The van der Waals surface area contributed by atoms with Crippen molar-refractivity contribution in [2.24, 2.45) is 0 Å². The maximum atomic E-state index is 6.05. The molecule has 4 heteroatoms. The van der Waals surface area contributed by atoms with Gasteiger partial charge in [-0.1, -0.05) is 18.2 Å². The van der Waals surface area contributed by atoms with E-state index in [2.05, 4.69) is 17.0 Å². The van der Waals surface area contributed by atoms with E-state index in [1.54, 1.807) is 14.2 Å². The molecule has 2 aromatic carbocycles. The lowest BCUT2D eigenvalue weighted by atomic mass is 10.1. The fourth-order valence-electron chi connectivity index (χ4n) is 2.86. The molecule has 0 spiro atoms. The number of anilines is 1. The maximum absolute atomic E-state index is 6.05. The molecule has 21 heavy (non-hydrogen) atoms. The predicted molar refractivity (Wildman–Crippen MR) is 83.4 cm³/mol. The summed E-state index contributed by atoms with van der Waals surface area (Å²) in [5, 5.41) is 0. The SMILES string of the molecule is COc1ccc(CN2Cc3cccc(N)c3C2)cc1OC. The number of methoxy groups -OCH3 is 2. The molecule has 0 fully saturated rings. The molecule has 0 saturated carbocycles. The zero-order valence-corrected chi connectivity index (χ0v) is 12.4. The number of nitrogens with two attached hydrogens (primary N) is 1. The van der Waals surface area contributed by atoms with Crippen molar-refractivity contribution < 1.29 is 9.47 Å². The first kappa shape index (κ1) is 13.8. The highest BCUT2D eigenvalue weighted by molar-refractivity contribution is 5.52. The van der Waals surface area contributed by atoms with E-state index in [0.717, 1.165) is 36.8 Å². The lowest BCUT2D eigenvalue weighted by Crippen LogP contribution is -2.15. The van der Waals surface area contributed by atoms with Crippen molar-refractivity contribution in [1.29, 1.82) is 0 Å². The molecule has 2 aromatic rings. The van der Waals surface area contributed by atoms with Crippen LogP contribution in [0.3, 0.4) is 0 Å². The average molecular weight is 284 g/mol. The zero-order valence-electron chi connectivity index (χ0n) is 12.4. The van der Waals surface area contributed by atoms with Crippen LogP contribution in [0.1, 0.15) is 16.7 Å². The van der Waals surface area contributed by atoms with Gasteiger partial charge in [-0.2, -0.15) is 0 Å². The molecule has 0 bridgehead atoms. The summed E-state index contributed by atoms with van der Waals surface area (Å²) in [5.41, 5.74) is 10.7. The Hall–Kier alpha value is -2.20. The Kier molecular flexibility index (Phi) is 3.71. The molecule has 3 rings (SSSR count). The number of ether oxygens (including phenoxy) is 2. The molecule has 0 saturated heterocycles. The molecule has 110 valence electrons. The van der Waals surface area contributed by atoms with Gasteiger partial charge in [-0.3, -0.25) is 4.90 Å². The second-order valence-electron chi connectivity index (χ2n) is 5.32. The first-order chi connectivity index (χ1) is 10.2. The van der Waals surface area contributed by atoms with Crippen LogP contribution in [-0.4, -0.2) is 19.1 Å². The van der Waals surface area contributed by atoms with Gasteiger partial charge in [0, 0.05) is 25.3 Å². The minimum atomic E-state index is 0.759. The monoisotopic (exact) mass is 284 g/mol. The fraction of sp³-hybridized carbons (Fsp3) is 0.294. The summed E-state index contributed by atoms with van der Waals surface area (Å²) in [6, 6.07) is 12.2. The molecular weight excluding hydrogens is 264 g/mol. The predicted octanol–water partition coefficient (Wildman–Crippen LogP) is 2.80. The van der Waals surface area contributed by atoms with E-state index in [-0.39, 0.29) is 0 Å². The zero-order chi connectivity index (χ0) is 14.8. The van der Waals surface area contributed by atoms with Crippen LogP contribution in [0, 0.1) is 0 Å². The molecule has 2 N–H and O–H groups in total. The molecule has 0 aromatic heterocycles. The van der Waals surface area contributed by atoms with Gasteiger partial charge in [0.05, 0.1) is 14.2 Å². The molecule has 0 atom stereocenters. The topological polar surface area (TPSA) is 47.7 Å². The lowest BCUT2D eigenvalue weighted by Gasteiger charge is -2.16. The van der Waals surface area contributed by atoms with Crippen LogP contribution in [0.15, 0.2) is 36.4 Å². The number of rotatable bonds is 4. The van der Waals surface area contributed by atoms with Crippen molar-refractivity contribution in [2.75, 3.05) is 20.0 Å². The Morgan fingerprint density at radius 2 is 1.86 bits per heavy atom. The van der Waals surface area contributed by atoms with Gasteiger partial charge >= 0.3 is 0 Å². The van der Waals surface area contributed by atoms with E-state index in [4.69, 9.17) is 15.2 Å². The van der Waals surface area contributed by atoms with Crippen LogP contribution >= 0.6 is 0 Å². The third-order valence-corrected chi connectivity index (χ3v) is 3.94. The van der Waals surface area contributed by atoms with E-state index in [9.17, 15) is 0 Å². The Morgan fingerprint density at radius 3 is 2.57 bits per heavy atom. The van der Waals surface area contributed by atoms with Gasteiger partial charge < -0.3 is 15.2 Å². The van der Waals surface area contributed by atoms with Crippen molar-refractivity contribution in [2.45, 2.75) is 19.6 Å². The van der Waals surface area contributed by atoms with E-state index in [1.807, 2.05) is 24.3 Å². The van der Waals surface area contributed by atoms with E-state index < -0.39 is 0 Å². The second kappa shape index (κ2) is 5.66. The number of hydrogen-bond donors (Lipinski definition) is 1. The molecule has 1 heterocycles. The molecular formula is C17H20N2O2. The van der Waals surface area contributed by atoms with Gasteiger partial charge in [-0.05, 0) is 34.9 Å². The number of nitrogens with zero attached hydrogens (tertiary/aromatic N) is 1. The van der Waals surface area contributed by atoms with Crippen LogP contribution in [0.2, 0.25) is 0 Å². The molecule has 0 radical (unpaired) electrons. The molecule has 1 aliphatic heterocycles. The summed E-state index contributed by atoms with van der Waals surface area (Å²) < 4.78 is 10.6. The molecule has 0 aliphatic carbocycles. The Morgan fingerprint density at radius 1 is 1.05 bits per heavy atom. The summed E-state index contributed by atoms with van der Waals surface area (Å²) in [6.07, 6.45) is 0. The van der Waals surface area contributed by atoms with Crippen molar-refractivity contribution in [3.05, 3.63) is 53.1 Å². The van der Waals surface area contributed by atoms with Crippen molar-refractivity contribution in [3.8, 4) is 11.5 Å². The van der Waals surface area contributed by atoms with Gasteiger partial charge in [0.1, 0.15) is 0 Å². The highest BCUT2D eigenvalue weighted by Gasteiger charge is 2.20. The Bertz CT molecular complexity index is 655. The Balaban J connectivity index is 1.76. The lowest BCUT2D eigenvalue weighted by molar-refractivity contribution is 0.274. The van der Waals surface area contributed by atoms with Gasteiger partial charge in [-0.25, -0.2) is 0 Å². The molecule has 0 unspecified atom stereocenters. The van der Waals surface area contributed by atoms with Crippen molar-refractivity contribution >= 4 is 5.69 Å². The van der Waals surface area contributed by atoms with Crippen molar-refractivity contribution in [1.82, 2.24) is 4.90 Å². The smallest absolute Gasteiger partial charge is 0.161 e. The summed E-state index contributed by atoms with van der Waals surface area (Å²) >= 11 is 0. The summed E-state index contributed by atoms with van der Waals surface area (Å²) in [6.45, 7) is 2.71. The van der Waals surface area contributed by atoms with Crippen LogP contribution in [-0.2, 0) is 19.6 Å². The molecule has 4 nitrogen and oxygen atoms in total. The quantitative estimate of drug-likeness (QED) is 0.877. The third-order valence-electron chi connectivity index (χ3n) is 3.94. The van der Waals surface area contributed by atoms with Crippen LogP contribution in [0.5, 0.6) is 11.5 Å². The number of benzene rings is 2. The van der Waals surface area contributed by atoms with E-state index in [0.29, 0.717) is 0 Å². The minimum absolute atomic E-state index is 0.759. The normalized spacial score (nSPS) is 14.0. The van der Waals surface area contributed by atoms with Gasteiger partial charge in [0.25, 0.3) is 0 Å². The largest absolute Gasteiger partial charge is 0.493 e. The van der Waals surface area contributed by atoms with Crippen LogP contribution in [0.4, 0.5) is 5.69 Å². The third kappa shape index (κ3) is 2.67. The summed E-state index contributed by atoms with van der Waals surface area (Å²) in [4.78, 5) is 2.38. The standard InChI is InChI=1S/C17H20N2O2/c1-20-16-7-6-12(8-17(16)21-2)9-19-10-13-4-3-5-15(18)14(13)11-19/h3-8H,9-11,18H2,1-2H3. The number of hydrogen-bond acceptors (Lipinski definition) is 4. The van der Waals surface area contributed by atoms with Crippen LogP contribution < -0.4 is 15.2 Å². The minimum Gasteiger partial charge on any atom is -0.493 e. The highest BCUT2D eigenvalue weighted by Crippen LogP contribution is 2.31. The first-order valence-corrected chi connectivity index (χ1v) is 7.00. The summed E-state index contributed by atoms with van der Waals surface area (Å²) in [5.74, 6) is 1.53. The highest BCUT2D eigenvalue weighted by atomic mass is 16.5. The first-order valence-electron chi connectivity index (χ1n) is 7.00. The summed E-state index contributed by atoms with van der Waals surface area (Å²) in [7, 11) is 3.31. The van der Waals surface area contributed by atoms with Gasteiger partial charge in [-0.15, -0.1) is 0 Å².